The summed E-state index contributed by atoms with van der Waals surface area (Å²) in [6.07, 6.45) is 8.07. The largest absolute Gasteiger partial charge is 0.388 e. The van der Waals surface area contributed by atoms with Gasteiger partial charge in [0.05, 0.1) is 23.2 Å². The second-order valence-electron chi connectivity index (χ2n) is 13.2. The molecule has 2 fully saturated rings. The van der Waals surface area contributed by atoms with Crippen LogP contribution in [-0.4, -0.2) is 82.6 Å². The van der Waals surface area contributed by atoms with Crippen molar-refractivity contribution in [3.05, 3.63) is 99.4 Å². The van der Waals surface area contributed by atoms with Gasteiger partial charge < -0.3 is 19.5 Å². The average molecular weight is 666 g/mol. The van der Waals surface area contributed by atoms with E-state index in [-0.39, 0.29) is 35.8 Å². The first kappa shape index (κ1) is 31.9. The first-order valence-corrected chi connectivity index (χ1v) is 17.2. The van der Waals surface area contributed by atoms with Gasteiger partial charge in [0.15, 0.2) is 0 Å². The van der Waals surface area contributed by atoms with Crippen molar-refractivity contribution in [3.8, 4) is 10.6 Å². The summed E-state index contributed by atoms with van der Waals surface area (Å²) in [6, 6.07) is 13.6. The van der Waals surface area contributed by atoms with Crippen molar-refractivity contribution in [1.82, 2.24) is 33.9 Å². The Kier molecular flexibility index (Phi) is 8.46. The molecule has 48 heavy (non-hydrogen) atoms. The lowest BCUT2D eigenvalue weighted by Crippen LogP contribution is -2.53. The van der Waals surface area contributed by atoms with Crippen molar-refractivity contribution in [2.24, 2.45) is 13.0 Å². The minimum absolute atomic E-state index is 0.0471. The van der Waals surface area contributed by atoms with Gasteiger partial charge in [-0.2, -0.15) is 0 Å². The van der Waals surface area contributed by atoms with E-state index in [1.807, 2.05) is 67.1 Å². The molecule has 5 aromatic rings. The number of benzene rings is 1. The van der Waals surface area contributed by atoms with Crippen LogP contribution in [0.3, 0.4) is 0 Å². The number of carbonyl (C=O) groups is 2. The molecule has 2 amide bonds. The molecular formula is C36H39N7O4S. The minimum atomic E-state index is -1.13. The summed E-state index contributed by atoms with van der Waals surface area (Å²) in [5.74, 6) is -0.490. The van der Waals surface area contributed by atoms with Gasteiger partial charge in [-0.1, -0.05) is 30.3 Å². The zero-order valence-electron chi connectivity index (χ0n) is 27.4. The number of pyridine rings is 1. The summed E-state index contributed by atoms with van der Waals surface area (Å²) >= 11 is 1.39. The molecule has 2 atom stereocenters. The number of aryl methyl sites for hydroxylation is 3. The number of nitrogens with zero attached hydrogens (tertiary/aromatic N) is 7. The lowest BCUT2D eigenvalue weighted by atomic mass is 9.79. The number of likely N-dealkylation sites (tertiary alicyclic amines) is 2. The van der Waals surface area contributed by atoms with Crippen LogP contribution >= 0.6 is 11.3 Å². The minimum Gasteiger partial charge on any atom is -0.388 e. The number of fused-ring (bicyclic) bond motifs is 1. The number of amides is 2. The molecule has 0 aliphatic carbocycles. The summed E-state index contributed by atoms with van der Waals surface area (Å²) in [5.41, 5.74) is 2.99. The highest BCUT2D eigenvalue weighted by Crippen LogP contribution is 2.37. The maximum Gasteiger partial charge on any atom is 0.265 e. The third-order valence-corrected chi connectivity index (χ3v) is 11.2. The molecular weight excluding hydrogens is 627 g/mol. The number of aliphatic hydroxyl groups is 1. The van der Waals surface area contributed by atoms with E-state index in [9.17, 15) is 19.5 Å². The second-order valence-corrected chi connectivity index (χ2v) is 14.2. The van der Waals surface area contributed by atoms with Crippen LogP contribution in [0.15, 0.2) is 72.2 Å². The fourth-order valence-corrected chi connectivity index (χ4v) is 8.27. The maximum absolute atomic E-state index is 14.2. The van der Waals surface area contributed by atoms with Gasteiger partial charge in [-0.15, -0.1) is 11.3 Å². The van der Waals surface area contributed by atoms with Crippen molar-refractivity contribution in [2.45, 2.75) is 51.2 Å². The van der Waals surface area contributed by atoms with E-state index in [2.05, 4.69) is 9.97 Å². The van der Waals surface area contributed by atoms with Gasteiger partial charge in [0, 0.05) is 69.2 Å². The molecule has 2 aliphatic rings. The van der Waals surface area contributed by atoms with Crippen molar-refractivity contribution < 1.29 is 14.7 Å². The standard InChI is InChI=1S/C36H39N7O4S/c1-23-9-14-37-19-28(23)32-39-24(2)30(48-32)35(46)42-16-11-26(29(20-42)25-7-5-4-6-8-25)33(44)41-17-12-36(47,13-18-41)21-43-22-38-31-27(34(43)45)10-15-40(31)3/h4-10,14-15,19,22,26,29,47H,11-13,16-18,20-21H2,1-3H3/t26-,29+/m1/s1. The van der Waals surface area contributed by atoms with E-state index in [0.717, 1.165) is 21.7 Å². The predicted octanol–water partition coefficient (Wildman–Crippen LogP) is 4.17. The summed E-state index contributed by atoms with van der Waals surface area (Å²) in [7, 11) is 1.84. The number of hydrogen-bond acceptors (Lipinski definition) is 8. The Labute approximate surface area is 282 Å². The first-order valence-electron chi connectivity index (χ1n) is 16.4. The van der Waals surface area contributed by atoms with Crippen LogP contribution in [0.1, 0.15) is 51.7 Å². The zero-order chi connectivity index (χ0) is 33.6. The van der Waals surface area contributed by atoms with E-state index >= 15 is 0 Å². The molecule has 2 saturated heterocycles. The van der Waals surface area contributed by atoms with Crippen molar-refractivity contribution >= 4 is 34.2 Å². The number of aromatic nitrogens is 5. The van der Waals surface area contributed by atoms with Crippen LogP contribution in [0.4, 0.5) is 0 Å². The van der Waals surface area contributed by atoms with Gasteiger partial charge in [-0.05, 0) is 56.4 Å². The van der Waals surface area contributed by atoms with E-state index in [1.165, 1.54) is 22.2 Å². The zero-order valence-corrected chi connectivity index (χ0v) is 28.2. The lowest BCUT2D eigenvalue weighted by Gasteiger charge is -2.43. The van der Waals surface area contributed by atoms with Gasteiger partial charge >= 0.3 is 0 Å². The van der Waals surface area contributed by atoms with Crippen LogP contribution in [0.2, 0.25) is 0 Å². The van der Waals surface area contributed by atoms with Crippen LogP contribution in [0, 0.1) is 19.8 Å². The SMILES string of the molecule is Cc1ccncc1-c1nc(C)c(C(=O)N2CC[C@@H](C(=O)N3CCC(O)(Cn4cnc5c(ccn5C)c4=O)CC3)[C@H](c3ccccc3)C2)s1. The third kappa shape index (κ3) is 5.94. The highest BCUT2D eigenvalue weighted by Gasteiger charge is 2.42. The number of carbonyl (C=O) groups excluding carboxylic acids is 2. The Balaban J connectivity index is 1.06. The number of rotatable bonds is 6. The van der Waals surface area contributed by atoms with Crippen molar-refractivity contribution in [2.75, 3.05) is 26.2 Å². The molecule has 7 rings (SSSR count). The Hall–Kier alpha value is -4.68. The number of thiazole rings is 1. The maximum atomic E-state index is 14.2. The second kappa shape index (κ2) is 12.7. The normalized spacial score (nSPS) is 19.5. The molecule has 0 bridgehead atoms. The molecule has 248 valence electrons. The number of piperidine rings is 2. The molecule has 0 saturated carbocycles. The van der Waals surface area contributed by atoms with Gasteiger partial charge in [-0.3, -0.25) is 23.9 Å². The Bertz CT molecular complexity index is 2040. The molecule has 1 N–H and O–H groups in total. The van der Waals surface area contributed by atoms with E-state index < -0.39 is 5.60 Å². The monoisotopic (exact) mass is 665 g/mol. The summed E-state index contributed by atoms with van der Waals surface area (Å²) in [6.45, 7) is 5.67. The fraction of sp³-hybridized carbons (Fsp3) is 0.389. The van der Waals surface area contributed by atoms with Gasteiger partial charge in [0.25, 0.3) is 11.5 Å². The fourth-order valence-electron chi connectivity index (χ4n) is 7.16. The molecule has 0 radical (unpaired) electrons. The van der Waals surface area contributed by atoms with Crippen LogP contribution in [-0.2, 0) is 18.4 Å². The summed E-state index contributed by atoms with van der Waals surface area (Å²) in [4.78, 5) is 58.9. The van der Waals surface area contributed by atoms with Gasteiger partial charge in [-0.25, -0.2) is 9.97 Å². The topological polar surface area (TPSA) is 126 Å². The molecule has 4 aromatic heterocycles. The number of hydrogen-bond donors (Lipinski definition) is 1. The summed E-state index contributed by atoms with van der Waals surface area (Å²) < 4.78 is 3.27. The first-order chi connectivity index (χ1) is 23.1. The van der Waals surface area contributed by atoms with E-state index in [1.54, 1.807) is 29.2 Å². The molecule has 6 heterocycles. The molecule has 0 unspecified atom stereocenters. The van der Waals surface area contributed by atoms with E-state index in [0.29, 0.717) is 67.0 Å². The Morgan fingerprint density at radius 2 is 1.81 bits per heavy atom. The van der Waals surface area contributed by atoms with Crippen LogP contribution in [0.25, 0.3) is 21.6 Å². The Morgan fingerprint density at radius 1 is 1.04 bits per heavy atom. The van der Waals surface area contributed by atoms with E-state index in [4.69, 9.17) is 4.98 Å². The van der Waals surface area contributed by atoms with Crippen LogP contribution < -0.4 is 5.56 Å². The predicted molar refractivity (Wildman–Crippen MR) is 184 cm³/mol. The molecule has 11 nitrogen and oxygen atoms in total. The van der Waals surface area contributed by atoms with Gasteiger partial charge in [0.2, 0.25) is 5.91 Å². The summed E-state index contributed by atoms with van der Waals surface area (Å²) in [5, 5.41) is 12.8. The highest BCUT2D eigenvalue weighted by molar-refractivity contribution is 7.17. The van der Waals surface area contributed by atoms with Gasteiger partial charge in [0.1, 0.15) is 21.9 Å². The smallest absolute Gasteiger partial charge is 0.265 e. The quantitative estimate of drug-likeness (QED) is 0.289. The molecule has 12 heteroatoms. The Morgan fingerprint density at radius 3 is 2.56 bits per heavy atom. The lowest BCUT2D eigenvalue weighted by molar-refractivity contribution is -0.142. The van der Waals surface area contributed by atoms with Crippen molar-refractivity contribution in [1.29, 1.82) is 0 Å². The highest BCUT2D eigenvalue weighted by atomic mass is 32.1. The molecule has 1 aromatic carbocycles. The third-order valence-electron chi connectivity index (χ3n) is 10.0. The molecule has 2 aliphatic heterocycles. The molecule has 0 spiro atoms. The average Bonchev–Trinajstić information content (AvgIpc) is 3.68. The van der Waals surface area contributed by atoms with Crippen molar-refractivity contribution in [3.63, 3.8) is 0 Å². The van der Waals surface area contributed by atoms with Crippen LogP contribution in [0.5, 0.6) is 0 Å².